The summed E-state index contributed by atoms with van der Waals surface area (Å²) in [4.78, 5) is 10.9. The number of benzene rings is 1. The Kier molecular flexibility index (Phi) is 3.53. The molecule has 0 aliphatic heterocycles. The fourth-order valence-corrected chi connectivity index (χ4v) is 4.83. The maximum atomic E-state index is 12.5. The first-order valence-electron chi connectivity index (χ1n) is 7.30. The molecule has 0 bridgehead atoms. The Labute approximate surface area is 124 Å². The Morgan fingerprint density at radius 2 is 1.71 bits per heavy atom. The summed E-state index contributed by atoms with van der Waals surface area (Å²) >= 11 is 0. The van der Waals surface area contributed by atoms with Crippen molar-refractivity contribution in [1.29, 1.82) is 0 Å². The standard InChI is InChI=1S/C15H19NO4S/c17-14(18)11-5-7-13(8-6-11)21(19,20)16-15(9-10-15)12-3-1-2-4-12/h5-8,12,16H,1-4,9-10H2,(H,17,18). The molecule has 114 valence electrons. The van der Waals surface area contributed by atoms with Crippen molar-refractivity contribution in [2.45, 2.75) is 49.0 Å². The van der Waals surface area contributed by atoms with Crippen LogP contribution in [0.15, 0.2) is 29.2 Å². The highest BCUT2D eigenvalue weighted by Crippen LogP contribution is 2.49. The predicted octanol–water partition coefficient (Wildman–Crippen LogP) is 2.39. The number of nitrogens with one attached hydrogen (secondary N) is 1. The van der Waals surface area contributed by atoms with E-state index < -0.39 is 16.0 Å². The zero-order valence-electron chi connectivity index (χ0n) is 11.7. The number of carbonyl (C=O) groups is 1. The van der Waals surface area contributed by atoms with Crippen molar-refractivity contribution in [3.8, 4) is 0 Å². The zero-order valence-corrected chi connectivity index (χ0v) is 12.5. The first kappa shape index (κ1) is 14.5. The average Bonchev–Trinajstić information content (AvgIpc) is 3.01. The van der Waals surface area contributed by atoms with E-state index >= 15 is 0 Å². The third kappa shape index (κ3) is 2.82. The summed E-state index contributed by atoms with van der Waals surface area (Å²) in [6, 6.07) is 5.37. The highest BCUT2D eigenvalue weighted by Gasteiger charge is 2.52. The minimum atomic E-state index is -3.58. The monoisotopic (exact) mass is 309 g/mol. The molecule has 0 heterocycles. The molecular formula is C15H19NO4S. The van der Waals surface area contributed by atoms with Crippen LogP contribution >= 0.6 is 0 Å². The van der Waals surface area contributed by atoms with Gasteiger partial charge >= 0.3 is 5.97 Å². The van der Waals surface area contributed by atoms with Crippen LogP contribution in [0.5, 0.6) is 0 Å². The summed E-state index contributed by atoms with van der Waals surface area (Å²) in [6.45, 7) is 0. The van der Waals surface area contributed by atoms with E-state index in [1.54, 1.807) is 0 Å². The van der Waals surface area contributed by atoms with Crippen molar-refractivity contribution in [2.75, 3.05) is 0 Å². The molecule has 1 aromatic rings. The van der Waals surface area contributed by atoms with Gasteiger partial charge in [0.25, 0.3) is 0 Å². The van der Waals surface area contributed by atoms with Crippen LogP contribution in [0.2, 0.25) is 0 Å². The summed E-state index contributed by atoms with van der Waals surface area (Å²) in [6.07, 6.45) is 6.37. The first-order valence-corrected chi connectivity index (χ1v) is 8.79. The van der Waals surface area contributed by atoms with Gasteiger partial charge in [-0.25, -0.2) is 17.9 Å². The topological polar surface area (TPSA) is 83.5 Å². The molecule has 2 saturated carbocycles. The Balaban J connectivity index is 1.79. The van der Waals surface area contributed by atoms with E-state index in [9.17, 15) is 13.2 Å². The first-order chi connectivity index (χ1) is 9.93. The van der Waals surface area contributed by atoms with E-state index in [1.807, 2.05) is 0 Å². The zero-order chi connectivity index (χ0) is 15.1. The van der Waals surface area contributed by atoms with Gasteiger partial charge in [-0.15, -0.1) is 0 Å². The molecule has 3 rings (SSSR count). The second kappa shape index (κ2) is 5.10. The lowest BCUT2D eigenvalue weighted by Gasteiger charge is -2.24. The SMILES string of the molecule is O=C(O)c1ccc(S(=O)(=O)NC2(C3CCCC3)CC2)cc1. The van der Waals surface area contributed by atoms with Crippen LogP contribution in [0.1, 0.15) is 48.9 Å². The van der Waals surface area contributed by atoms with Crippen molar-refractivity contribution in [1.82, 2.24) is 4.72 Å². The summed E-state index contributed by atoms with van der Waals surface area (Å²) in [7, 11) is -3.58. The van der Waals surface area contributed by atoms with Gasteiger partial charge in [-0.2, -0.15) is 0 Å². The second-order valence-electron chi connectivity index (χ2n) is 6.07. The fraction of sp³-hybridized carbons (Fsp3) is 0.533. The Morgan fingerprint density at radius 1 is 1.14 bits per heavy atom. The van der Waals surface area contributed by atoms with Crippen LogP contribution in [0, 0.1) is 5.92 Å². The quantitative estimate of drug-likeness (QED) is 0.874. The fourth-order valence-electron chi connectivity index (χ4n) is 3.31. The van der Waals surface area contributed by atoms with Crippen molar-refractivity contribution in [3.63, 3.8) is 0 Å². The van der Waals surface area contributed by atoms with Gasteiger partial charge in [0.1, 0.15) is 0 Å². The van der Waals surface area contributed by atoms with Gasteiger partial charge in [0.15, 0.2) is 0 Å². The van der Waals surface area contributed by atoms with E-state index in [1.165, 1.54) is 37.1 Å². The molecule has 2 fully saturated rings. The molecule has 0 radical (unpaired) electrons. The van der Waals surface area contributed by atoms with Gasteiger partial charge in [-0.1, -0.05) is 12.8 Å². The molecule has 1 aromatic carbocycles. The molecule has 0 aromatic heterocycles. The lowest BCUT2D eigenvalue weighted by atomic mass is 9.97. The van der Waals surface area contributed by atoms with Gasteiger partial charge in [0.05, 0.1) is 10.5 Å². The van der Waals surface area contributed by atoms with Gasteiger partial charge in [-0.05, 0) is 55.9 Å². The van der Waals surface area contributed by atoms with Gasteiger partial charge in [-0.3, -0.25) is 0 Å². The number of hydrogen-bond donors (Lipinski definition) is 2. The van der Waals surface area contributed by atoms with Crippen LogP contribution in [0.25, 0.3) is 0 Å². The van der Waals surface area contributed by atoms with E-state index in [2.05, 4.69) is 4.72 Å². The Morgan fingerprint density at radius 3 is 2.19 bits per heavy atom. The van der Waals surface area contributed by atoms with Crippen molar-refractivity contribution in [2.24, 2.45) is 5.92 Å². The number of carboxylic acid groups (broad SMARTS) is 1. The van der Waals surface area contributed by atoms with Crippen molar-refractivity contribution >= 4 is 16.0 Å². The largest absolute Gasteiger partial charge is 0.478 e. The Hall–Kier alpha value is -1.40. The van der Waals surface area contributed by atoms with E-state index in [0.29, 0.717) is 5.92 Å². The molecule has 2 N–H and O–H groups in total. The highest BCUT2D eigenvalue weighted by molar-refractivity contribution is 7.89. The molecule has 6 heteroatoms. The number of aromatic carboxylic acids is 1. The average molecular weight is 309 g/mol. The summed E-state index contributed by atoms with van der Waals surface area (Å²) in [5.74, 6) is -0.609. The predicted molar refractivity (Wildman–Crippen MR) is 77.6 cm³/mol. The third-order valence-corrected chi connectivity index (χ3v) is 6.24. The molecule has 0 amide bonds. The van der Waals surface area contributed by atoms with Gasteiger partial charge in [0, 0.05) is 5.54 Å². The van der Waals surface area contributed by atoms with Gasteiger partial charge in [0.2, 0.25) is 10.0 Å². The molecule has 0 saturated heterocycles. The van der Waals surface area contributed by atoms with Crippen LogP contribution < -0.4 is 4.72 Å². The van der Waals surface area contributed by atoms with Crippen LogP contribution in [0.3, 0.4) is 0 Å². The smallest absolute Gasteiger partial charge is 0.335 e. The molecule has 5 nitrogen and oxygen atoms in total. The summed E-state index contributed by atoms with van der Waals surface area (Å²) < 4.78 is 27.8. The maximum absolute atomic E-state index is 12.5. The molecule has 0 atom stereocenters. The summed E-state index contributed by atoms with van der Waals surface area (Å²) in [5.41, 5.74) is -0.160. The van der Waals surface area contributed by atoms with Crippen LogP contribution in [-0.2, 0) is 10.0 Å². The van der Waals surface area contributed by atoms with Crippen molar-refractivity contribution < 1.29 is 18.3 Å². The molecular weight excluding hydrogens is 290 g/mol. The number of sulfonamides is 1. The Bertz CT molecular complexity index is 641. The minimum absolute atomic E-state index is 0.0888. The van der Waals surface area contributed by atoms with Crippen molar-refractivity contribution in [3.05, 3.63) is 29.8 Å². The number of rotatable bonds is 5. The molecule has 0 spiro atoms. The van der Waals surface area contributed by atoms with E-state index in [0.717, 1.165) is 25.7 Å². The molecule has 2 aliphatic rings. The second-order valence-corrected chi connectivity index (χ2v) is 7.75. The molecule has 21 heavy (non-hydrogen) atoms. The van der Waals surface area contributed by atoms with E-state index in [4.69, 9.17) is 5.11 Å². The number of hydrogen-bond acceptors (Lipinski definition) is 3. The lowest BCUT2D eigenvalue weighted by Crippen LogP contribution is -2.41. The normalized spacial score (nSPS) is 21.3. The third-order valence-electron chi connectivity index (χ3n) is 4.67. The lowest BCUT2D eigenvalue weighted by molar-refractivity contribution is 0.0696. The van der Waals surface area contributed by atoms with Crippen LogP contribution in [0.4, 0.5) is 0 Å². The minimum Gasteiger partial charge on any atom is -0.478 e. The highest BCUT2D eigenvalue weighted by atomic mass is 32.2. The van der Waals surface area contributed by atoms with Crippen LogP contribution in [-0.4, -0.2) is 25.0 Å². The van der Waals surface area contributed by atoms with Gasteiger partial charge < -0.3 is 5.11 Å². The molecule has 2 aliphatic carbocycles. The summed E-state index contributed by atoms with van der Waals surface area (Å²) in [5, 5.41) is 8.85. The molecule has 0 unspecified atom stereocenters. The maximum Gasteiger partial charge on any atom is 0.335 e. The number of carboxylic acids is 1. The van der Waals surface area contributed by atoms with E-state index in [-0.39, 0.29) is 16.0 Å².